The molecule has 32 heavy (non-hydrogen) atoms. The largest absolute Gasteiger partial charge is 0.325 e. The number of nitrogens with zero attached hydrogens (tertiary/aromatic N) is 3. The first kappa shape index (κ1) is 21.1. The van der Waals surface area contributed by atoms with Gasteiger partial charge in [0, 0.05) is 25.2 Å². The molecule has 4 nitrogen and oxygen atoms in total. The number of fused-ring (bicyclic) bond motifs is 2. The van der Waals surface area contributed by atoms with E-state index in [-0.39, 0.29) is 24.2 Å². The standard InChI is InChI=1S/C26H29F2N3O/c1-29-13-10-21(11-14-29)30(2)25(32)31-17-19(22-15-20(27)7-8-24(22)28)16-26(31)12-9-18-5-3-4-6-23(18)26/h3-8,15-16,21H,9-14,17H2,1-2H3. The van der Waals surface area contributed by atoms with Gasteiger partial charge in [-0.1, -0.05) is 24.3 Å². The molecular formula is C26H29F2N3O. The summed E-state index contributed by atoms with van der Waals surface area (Å²) in [6.45, 7) is 2.20. The van der Waals surface area contributed by atoms with Crippen LogP contribution in [0.2, 0.25) is 0 Å². The van der Waals surface area contributed by atoms with E-state index in [0.717, 1.165) is 56.5 Å². The number of carbonyl (C=O) groups is 1. The smallest absolute Gasteiger partial charge is 0.321 e. The van der Waals surface area contributed by atoms with Gasteiger partial charge in [0.05, 0.1) is 5.54 Å². The van der Waals surface area contributed by atoms with Crippen molar-refractivity contribution in [3.05, 3.63) is 76.9 Å². The normalized spacial score (nSPS) is 23.5. The predicted octanol–water partition coefficient (Wildman–Crippen LogP) is 4.65. The van der Waals surface area contributed by atoms with Gasteiger partial charge in [-0.25, -0.2) is 13.6 Å². The van der Waals surface area contributed by atoms with Crippen LogP contribution in [-0.2, 0) is 12.0 Å². The molecule has 2 aromatic rings. The number of rotatable bonds is 2. The third-order valence-electron chi connectivity index (χ3n) is 7.53. The van der Waals surface area contributed by atoms with Crippen molar-refractivity contribution in [1.82, 2.24) is 14.7 Å². The second-order valence-electron chi connectivity index (χ2n) is 9.39. The average Bonchev–Trinajstić information content (AvgIpc) is 3.37. The van der Waals surface area contributed by atoms with E-state index in [4.69, 9.17) is 0 Å². The van der Waals surface area contributed by atoms with E-state index in [0.29, 0.717) is 5.57 Å². The van der Waals surface area contributed by atoms with Crippen LogP contribution in [0.5, 0.6) is 0 Å². The number of benzene rings is 2. The van der Waals surface area contributed by atoms with Crippen LogP contribution < -0.4 is 0 Å². The molecule has 1 atom stereocenters. The molecule has 0 N–H and O–H groups in total. The number of piperidine rings is 1. The van der Waals surface area contributed by atoms with E-state index in [1.54, 1.807) is 0 Å². The summed E-state index contributed by atoms with van der Waals surface area (Å²) in [5, 5.41) is 0. The van der Waals surface area contributed by atoms with E-state index >= 15 is 0 Å². The van der Waals surface area contributed by atoms with Crippen LogP contribution in [0.1, 0.15) is 36.0 Å². The van der Waals surface area contributed by atoms with Crippen molar-refractivity contribution in [1.29, 1.82) is 0 Å². The van der Waals surface area contributed by atoms with Crippen LogP contribution in [0.25, 0.3) is 5.57 Å². The highest BCUT2D eigenvalue weighted by Gasteiger charge is 2.49. The number of carbonyl (C=O) groups excluding carboxylic acids is 1. The van der Waals surface area contributed by atoms with Gasteiger partial charge in [-0.2, -0.15) is 0 Å². The minimum Gasteiger partial charge on any atom is -0.325 e. The second kappa shape index (κ2) is 8.00. The lowest BCUT2D eigenvalue weighted by Crippen LogP contribution is -2.53. The minimum absolute atomic E-state index is 0.0423. The maximum Gasteiger partial charge on any atom is 0.321 e. The number of urea groups is 1. The lowest BCUT2D eigenvalue weighted by Gasteiger charge is -2.42. The monoisotopic (exact) mass is 437 g/mol. The lowest BCUT2D eigenvalue weighted by molar-refractivity contribution is 0.0979. The van der Waals surface area contributed by atoms with Crippen molar-refractivity contribution in [2.45, 2.75) is 37.3 Å². The molecule has 0 radical (unpaired) electrons. The third kappa shape index (κ3) is 3.41. The Balaban J connectivity index is 1.54. The molecule has 1 fully saturated rings. The Morgan fingerprint density at radius 1 is 1.12 bits per heavy atom. The van der Waals surface area contributed by atoms with Gasteiger partial charge in [0.2, 0.25) is 0 Å². The summed E-state index contributed by atoms with van der Waals surface area (Å²) in [5.41, 5.74) is 2.60. The molecule has 2 aromatic carbocycles. The molecule has 2 aliphatic heterocycles. The molecule has 5 rings (SSSR count). The molecule has 2 heterocycles. The molecule has 0 saturated carbocycles. The molecule has 0 bridgehead atoms. The van der Waals surface area contributed by atoms with Gasteiger partial charge in [-0.15, -0.1) is 0 Å². The summed E-state index contributed by atoms with van der Waals surface area (Å²) in [4.78, 5) is 19.9. The molecule has 1 unspecified atom stereocenters. The van der Waals surface area contributed by atoms with Gasteiger partial charge < -0.3 is 14.7 Å². The highest BCUT2D eigenvalue weighted by molar-refractivity contribution is 5.84. The Morgan fingerprint density at radius 2 is 1.88 bits per heavy atom. The Morgan fingerprint density at radius 3 is 2.66 bits per heavy atom. The van der Waals surface area contributed by atoms with Gasteiger partial charge >= 0.3 is 6.03 Å². The van der Waals surface area contributed by atoms with Crippen LogP contribution in [0.15, 0.2) is 48.5 Å². The maximum atomic E-state index is 14.7. The van der Waals surface area contributed by atoms with Gasteiger partial charge in [-0.3, -0.25) is 0 Å². The third-order valence-corrected chi connectivity index (χ3v) is 7.53. The second-order valence-corrected chi connectivity index (χ2v) is 9.39. The summed E-state index contributed by atoms with van der Waals surface area (Å²) in [7, 11) is 3.99. The Labute approximate surface area is 188 Å². The first-order valence-electron chi connectivity index (χ1n) is 11.4. The fourth-order valence-corrected chi connectivity index (χ4v) is 5.65. The SMILES string of the molecule is CN1CCC(N(C)C(=O)N2CC(c3cc(F)ccc3F)=CC23CCc2ccccc23)CC1. The van der Waals surface area contributed by atoms with Crippen molar-refractivity contribution in [2.75, 3.05) is 33.7 Å². The Hall–Kier alpha value is -2.73. The van der Waals surface area contributed by atoms with Crippen LogP contribution >= 0.6 is 0 Å². The number of hydrogen-bond donors (Lipinski definition) is 0. The number of aryl methyl sites for hydroxylation is 1. The topological polar surface area (TPSA) is 26.8 Å². The zero-order valence-corrected chi connectivity index (χ0v) is 18.7. The number of halogens is 2. The quantitative estimate of drug-likeness (QED) is 0.684. The summed E-state index contributed by atoms with van der Waals surface area (Å²) >= 11 is 0. The Kier molecular flexibility index (Phi) is 5.28. The van der Waals surface area contributed by atoms with Crippen LogP contribution in [0.4, 0.5) is 13.6 Å². The minimum atomic E-state index is -0.624. The van der Waals surface area contributed by atoms with Gasteiger partial charge in [0.15, 0.2) is 0 Å². The van der Waals surface area contributed by atoms with Crippen molar-refractivity contribution in [3.8, 4) is 0 Å². The van der Waals surface area contributed by atoms with E-state index in [9.17, 15) is 13.6 Å². The molecule has 1 saturated heterocycles. The average molecular weight is 438 g/mol. The van der Waals surface area contributed by atoms with Crippen LogP contribution in [0, 0.1) is 11.6 Å². The fraction of sp³-hybridized carbons (Fsp3) is 0.423. The molecule has 0 aromatic heterocycles. The van der Waals surface area contributed by atoms with Crippen molar-refractivity contribution < 1.29 is 13.6 Å². The lowest BCUT2D eigenvalue weighted by atomic mass is 9.90. The van der Waals surface area contributed by atoms with Crippen LogP contribution in [0.3, 0.4) is 0 Å². The number of likely N-dealkylation sites (tertiary alicyclic amines) is 1. The molecule has 168 valence electrons. The van der Waals surface area contributed by atoms with Crippen LogP contribution in [-0.4, -0.2) is 60.5 Å². The van der Waals surface area contributed by atoms with Crippen molar-refractivity contribution in [2.24, 2.45) is 0 Å². The molecule has 1 spiro atoms. The molecule has 2 amide bonds. The van der Waals surface area contributed by atoms with E-state index < -0.39 is 17.2 Å². The number of hydrogen-bond acceptors (Lipinski definition) is 2. The van der Waals surface area contributed by atoms with Gasteiger partial charge in [0.1, 0.15) is 11.6 Å². The summed E-state index contributed by atoms with van der Waals surface area (Å²) in [6, 6.07) is 11.8. The van der Waals surface area contributed by atoms with E-state index in [1.165, 1.54) is 11.6 Å². The summed E-state index contributed by atoms with van der Waals surface area (Å²) < 4.78 is 28.7. The van der Waals surface area contributed by atoms with Crippen molar-refractivity contribution in [3.63, 3.8) is 0 Å². The van der Waals surface area contributed by atoms with Gasteiger partial charge in [0.25, 0.3) is 0 Å². The number of amides is 2. The molecule has 1 aliphatic carbocycles. The molecule has 6 heteroatoms. The highest BCUT2D eigenvalue weighted by Crippen LogP contribution is 2.49. The summed E-state index contributed by atoms with van der Waals surface area (Å²) in [6.07, 6.45) is 5.49. The molecule has 3 aliphatic rings. The zero-order valence-electron chi connectivity index (χ0n) is 18.7. The molecular weight excluding hydrogens is 408 g/mol. The maximum absolute atomic E-state index is 14.7. The predicted molar refractivity (Wildman–Crippen MR) is 121 cm³/mol. The summed E-state index contributed by atoms with van der Waals surface area (Å²) in [5.74, 6) is -0.937. The van der Waals surface area contributed by atoms with Gasteiger partial charge in [-0.05, 0) is 86.8 Å². The Bertz CT molecular complexity index is 1080. The fourth-order valence-electron chi connectivity index (χ4n) is 5.65. The van der Waals surface area contributed by atoms with Crippen molar-refractivity contribution >= 4 is 11.6 Å². The first-order valence-corrected chi connectivity index (χ1v) is 11.4. The zero-order chi connectivity index (χ0) is 22.5. The van der Waals surface area contributed by atoms with E-state index in [2.05, 4.69) is 24.1 Å². The first-order chi connectivity index (χ1) is 15.4. The highest BCUT2D eigenvalue weighted by atomic mass is 19.1. The van der Waals surface area contributed by atoms with E-state index in [1.807, 2.05) is 35.1 Å².